The minimum Gasteiger partial charge on any atom is -0.344 e. The van der Waals surface area contributed by atoms with Gasteiger partial charge in [-0.2, -0.15) is 0 Å². The van der Waals surface area contributed by atoms with Crippen LogP contribution in [0, 0.1) is 0 Å². The number of H-pyrrole nitrogens is 1. The molecule has 0 fully saturated rings. The summed E-state index contributed by atoms with van der Waals surface area (Å²) in [5, 5.41) is -0.531. The van der Waals surface area contributed by atoms with Crippen molar-refractivity contribution < 1.29 is 8.42 Å². The molecular weight excluding hydrogens is 460 g/mol. The van der Waals surface area contributed by atoms with Crippen LogP contribution in [0.25, 0.3) is 44.6 Å². The van der Waals surface area contributed by atoms with E-state index < -0.39 is 15.3 Å². The van der Waals surface area contributed by atoms with Gasteiger partial charge in [-0.05, 0) is 64.4 Å². The van der Waals surface area contributed by atoms with E-state index in [1.54, 1.807) is 38.2 Å². The first-order valence-electron chi connectivity index (χ1n) is 11.5. The summed E-state index contributed by atoms with van der Waals surface area (Å²) in [6.45, 7) is 9.74. The van der Waals surface area contributed by atoms with Crippen molar-refractivity contribution in [1.29, 1.82) is 0 Å². The number of aromatic amines is 1. The number of anilines is 1. The van der Waals surface area contributed by atoms with Crippen molar-refractivity contribution in [1.82, 2.24) is 24.5 Å². The Bertz CT molecular complexity index is 1660. The number of fused-ring (bicyclic) bond motifs is 2. The first kappa shape index (κ1) is 23.0. The predicted molar refractivity (Wildman–Crippen MR) is 141 cm³/mol. The van der Waals surface area contributed by atoms with E-state index in [4.69, 9.17) is 4.98 Å². The van der Waals surface area contributed by atoms with Crippen LogP contribution in [0.2, 0.25) is 0 Å². The van der Waals surface area contributed by atoms with Gasteiger partial charge in [0.2, 0.25) is 10.0 Å². The lowest BCUT2D eigenvalue weighted by Crippen LogP contribution is -2.22. The third-order valence-corrected chi connectivity index (χ3v) is 7.76. The average molecular weight is 489 g/mol. The fourth-order valence-corrected chi connectivity index (χ4v) is 4.68. The lowest BCUT2D eigenvalue weighted by atomic mass is 10.1. The van der Waals surface area contributed by atoms with E-state index in [9.17, 15) is 8.42 Å². The van der Waals surface area contributed by atoms with Crippen LogP contribution in [-0.4, -0.2) is 38.2 Å². The molecule has 9 heteroatoms. The van der Waals surface area contributed by atoms with Crippen LogP contribution in [0.1, 0.15) is 34.6 Å². The molecule has 8 nitrogen and oxygen atoms in total. The summed E-state index contributed by atoms with van der Waals surface area (Å²) in [5.41, 5.74) is 7.21. The van der Waals surface area contributed by atoms with Crippen molar-refractivity contribution in [2.45, 2.75) is 45.4 Å². The zero-order chi connectivity index (χ0) is 25.0. The highest BCUT2D eigenvalue weighted by Gasteiger charge is 2.19. The van der Waals surface area contributed by atoms with E-state index >= 15 is 0 Å². The molecule has 0 saturated carbocycles. The van der Waals surface area contributed by atoms with Gasteiger partial charge in [0.15, 0.2) is 5.65 Å². The van der Waals surface area contributed by atoms with Gasteiger partial charge in [-0.1, -0.05) is 18.2 Å². The number of sulfonamides is 1. The van der Waals surface area contributed by atoms with E-state index in [0.717, 1.165) is 33.2 Å². The van der Waals surface area contributed by atoms with E-state index in [0.29, 0.717) is 17.0 Å². The third kappa shape index (κ3) is 4.27. The molecule has 0 spiro atoms. The molecule has 0 amide bonds. The van der Waals surface area contributed by atoms with Gasteiger partial charge in [0, 0.05) is 28.6 Å². The first-order valence-corrected chi connectivity index (χ1v) is 13.0. The second-order valence-electron chi connectivity index (χ2n) is 9.92. The average Bonchev–Trinajstić information content (AvgIpc) is 3.42. The fourth-order valence-electron chi connectivity index (χ4n) is 3.98. The third-order valence-electron chi connectivity index (χ3n) is 6.00. The minimum atomic E-state index is -3.44. The normalized spacial score (nSPS) is 12.6. The zero-order valence-corrected chi connectivity index (χ0v) is 21.2. The van der Waals surface area contributed by atoms with Gasteiger partial charge in [-0.25, -0.2) is 23.4 Å². The standard InChI is InChI=1S/C26H28N6O2S/c1-16(2)35(33,34)31-19-8-6-7-18(11-19)22-14-28-25-24(30-22)20(13-27-25)17-9-10-21-23(12-17)32(15-29-21)26(3,4)5/h6-16,31H,1-5H3,(H,27,28). The van der Waals surface area contributed by atoms with Gasteiger partial charge in [-0.3, -0.25) is 4.72 Å². The number of nitrogens with one attached hydrogen (secondary N) is 2. The molecule has 3 heterocycles. The summed E-state index contributed by atoms with van der Waals surface area (Å²) in [5.74, 6) is 0. The molecule has 5 aromatic rings. The Morgan fingerprint density at radius 2 is 1.83 bits per heavy atom. The molecule has 0 unspecified atom stereocenters. The molecule has 0 aliphatic rings. The molecule has 5 rings (SSSR count). The van der Waals surface area contributed by atoms with Gasteiger partial charge < -0.3 is 9.55 Å². The van der Waals surface area contributed by atoms with Gasteiger partial charge in [0.1, 0.15) is 5.52 Å². The van der Waals surface area contributed by atoms with E-state index in [1.165, 1.54) is 0 Å². The van der Waals surface area contributed by atoms with Crippen molar-refractivity contribution in [2.24, 2.45) is 0 Å². The second-order valence-corrected chi connectivity index (χ2v) is 12.2. The molecule has 0 bridgehead atoms. The second kappa shape index (κ2) is 8.20. The molecule has 180 valence electrons. The monoisotopic (exact) mass is 488 g/mol. The molecule has 3 aromatic heterocycles. The SMILES string of the molecule is CC(C)S(=O)(=O)Nc1cccc(-c2cnc3[nH]cc(-c4ccc5ncn(C(C)(C)C)c5c4)c3n2)c1. The molecule has 35 heavy (non-hydrogen) atoms. The molecule has 2 aromatic carbocycles. The largest absolute Gasteiger partial charge is 0.344 e. The van der Waals surface area contributed by atoms with E-state index in [2.05, 4.69) is 51.1 Å². The summed E-state index contributed by atoms with van der Waals surface area (Å²) >= 11 is 0. The molecule has 0 aliphatic carbocycles. The number of nitrogens with zero attached hydrogens (tertiary/aromatic N) is 4. The zero-order valence-electron chi connectivity index (χ0n) is 20.4. The van der Waals surface area contributed by atoms with Crippen LogP contribution in [-0.2, 0) is 15.6 Å². The molecule has 2 N–H and O–H groups in total. The molecular formula is C26H28N6O2S. The van der Waals surface area contributed by atoms with Crippen LogP contribution in [0.5, 0.6) is 0 Å². The van der Waals surface area contributed by atoms with Crippen molar-refractivity contribution in [2.75, 3.05) is 4.72 Å². The van der Waals surface area contributed by atoms with Crippen molar-refractivity contribution in [3.05, 3.63) is 61.2 Å². The summed E-state index contributed by atoms with van der Waals surface area (Å²) < 4.78 is 29.4. The maximum Gasteiger partial charge on any atom is 0.235 e. The highest BCUT2D eigenvalue weighted by molar-refractivity contribution is 7.93. The number of imidazole rings is 1. The molecule has 0 atom stereocenters. The maximum atomic E-state index is 12.3. The Balaban J connectivity index is 1.57. The summed E-state index contributed by atoms with van der Waals surface area (Å²) in [6.07, 6.45) is 5.49. The first-order chi connectivity index (χ1) is 16.5. The Morgan fingerprint density at radius 3 is 2.57 bits per heavy atom. The lowest BCUT2D eigenvalue weighted by Gasteiger charge is -2.21. The van der Waals surface area contributed by atoms with Crippen LogP contribution < -0.4 is 4.72 Å². The van der Waals surface area contributed by atoms with E-state index in [-0.39, 0.29) is 5.54 Å². The fraction of sp³-hybridized carbons (Fsp3) is 0.269. The molecule has 0 saturated heterocycles. The Morgan fingerprint density at radius 1 is 1.03 bits per heavy atom. The van der Waals surface area contributed by atoms with Gasteiger partial charge in [0.25, 0.3) is 0 Å². The van der Waals surface area contributed by atoms with Crippen LogP contribution in [0.4, 0.5) is 5.69 Å². The number of benzene rings is 2. The smallest absolute Gasteiger partial charge is 0.235 e. The molecule has 0 radical (unpaired) electrons. The Hall–Kier alpha value is -3.72. The van der Waals surface area contributed by atoms with Gasteiger partial charge in [-0.15, -0.1) is 0 Å². The van der Waals surface area contributed by atoms with Gasteiger partial charge >= 0.3 is 0 Å². The quantitative estimate of drug-likeness (QED) is 0.338. The summed E-state index contributed by atoms with van der Waals surface area (Å²) in [7, 11) is -3.44. The summed E-state index contributed by atoms with van der Waals surface area (Å²) in [4.78, 5) is 17.2. The number of hydrogen-bond donors (Lipinski definition) is 2. The highest BCUT2D eigenvalue weighted by atomic mass is 32.2. The molecule has 0 aliphatic heterocycles. The van der Waals surface area contributed by atoms with Crippen LogP contribution in [0.15, 0.2) is 61.2 Å². The van der Waals surface area contributed by atoms with Crippen LogP contribution in [0.3, 0.4) is 0 Å². The Kier molecular flexibility index (Phi) is 5.40. The maximum absolute atomic E-state index is 12.3. The Labute approximate surface area is 204 Å². The summed E-state index contributed by atoms with van der Waals surface area (Å²) in [6, 6.07) is 13.4. The van der Waals surface area contributed by atoms with Crippen LogP contribution >= 0.6 is 0 Å². The highest BCUT2D eigenvalue weighted by Crippen LogP contribution is 2.32. The van der Waals surface area contributed by atoms with E-state index in [1.807, 2.05) is 30.7 Å². The van der Waals surface area contributed by atoms with Crippen molar-refractivity contribution in [3.63, 3.8) is 0 Å². The number of hydrogen-bond acceptors (Lipinski definition) is 5. The lowest BCUT2D eigenvalue weighted by molar-refractivity contribution is 0.408. The van der Waals surface area contributed by atoms with Crippen molar-refractivity contribution in [3.8, 4) is 22.4 Å². The minimum absolute atomic E-state index is 0.0946. The van der Waals surface area contributed by atoms with Gasteiger partial charge in [0.05, 0.1) is 34.5 Å². The number of aromatic nitrogens is 5. The van der Waals surface area contributed by atoms with Crippen molar-refractivity contribution >= 4 is 37.9 Å². The topological polar surface area (TPSA) is 106 Å². The number of rotatable bonds is 5. The predicted octanol–water partition coefficient (Wildman–Crippen LogP) is 5.55.